The van der Waals surface area contributed by atoms with Crippen molar-refractivity contribution in [3.63, 3.8) is 0 Å². The van der Waals surface area contributed by atoms with E-state index in [0.29, 0.717) is 17.6 Å². The average Bonchev–Trinajstić information content (AvgIpc) is 3.60. The Morgan fingerprint density at radius 2 is 1.05 bits per heavy atom. The molecule has 0 fully saturated rings. The van der Waals surface area contributed by atoms with Gasteiger partial charge in [0.2, 0.25) is 0 Å². The van der Waals surface area contributed by atoms with E-state index in [1.165, 1.54) is 83.5 Å². The maximum Gasteiger partial charge on any atom is 0.135 e. The fraction of sp³-hybridized carbons (Fsp3) is 0.789. The smallest absolute Gasteiger partial charge is 0.135 e. The largest absolute Gasteiger partial charge is 0.506 e. The van der Waals surface area contributed by atoms with E-state index < -0.39 is 5.60 Å². The fourth-order valence-electron chi connectivity index (χ4n) is 6.51. The highest BCUT2D eigenvalue weighted by Crippen LogP contribution is 2.47. The summed E-state index contributed by atoms with van der Waals surface area (Å²) in [4.78, 5) is 1.96. The molecule has 0 saturated carbocycles. The molecular formula is C38H66O2S2. The van der Waals surface area contributed by atoms with Crippen molar-refractivity contribution in [1.29, 1.82) is 0 Å². The van der Waals surface area contributed by atoms with Crippen LogP contribution < -0.4 is 0 Å². The van der Waals surface area contributed by atoms with E-state index in [-0.39, 0.29) is 0 Å². The van der Waals surface area contributed by atoms with E-state index in [2.05, 4.69) is 59.9 Å². The third-order valence-electron chi connectivity index (χ3n) is 9.69. The minimum atomic E-state index is -0.841. The Morgan fingerprint density at radius 3 is 1.52 bits per heavy atom. The van der Waals surface area contributed by atoms with Crippen LogP contribution in [-0.2, 0) is 5.60 Å². The van der Waals surface area contributed by atoms with E-state index in [1.807, 2.05) is 5.38 Å². The Balaban J connectivity index is 1.95. The molecule has 2 nitrogen and oxygen atoms in total. The van der Waals surface area contributed by atoms with E-state index in [1.54, 1.807) is 28.7 Å². The van der Waals surface area contributed by atoms with Crippen molar-refractivity contribution in [2.24, 2.45) is 29.6 Å². The zero-order valence-corrected chi connectivity index (χ0v) is 30.1. The second-order valence-corrected chi connectivity index (χ2v) is 16.3. The summed E-state index contributed by atoms with van der Waals surface area (Å²) in [5.74, 6) is 4.03. The highest BCUT2D eigenvalue weighted by molar-refractivity contribution is 7.20. The quantitative estimate of drug-likeness (QED) is 0.115. The van der Waals surface area contributed by atoms with Gasteiger partial charge in [-0.3, -0.25) is 0 Å². The molecule has 2 N–H and O–H groups in total. The second-order valence-electron chi connectivity index (χ2n) is 14.5. The third-order valence-corrected chi connectivity index (χ3v) is 11.7. The molecule has 2 rings (SSSR count). The van der Waals surface area contributed by atoms with Gasteiger partial charge < -0.3 is 10.2 Å². The minimum Gasteiger partial charge on any atom is -0.506 e. The molecule has 5 atom stereocenters. The number of hydrogen-bond acceptors (Lipinski definition) is 4. The highest BCUT2D eigenvalue weighted by atomic mass is 32.1. The zero-order chi connectivity index (χ0) is 31.0. The normalized spacial score (nSPS) is 16.4. The molecule has 242 valence electrons. The van der Waals surface area contributed by atoms with Gasteiger partial charge in [0.1, 0.15) is 5.75 Å². The zero-order valence-electron chi connectivity index (χ0n) is 28.4. The molecule has 5 unspecified atom stereocenters. The predicted octanol–water partition coefficient (Wildman–Crippen LogP) is 13.2. The molecule has 0 saturated heterocycles. The lowest BCUT2D eigenvalue weighted by molar-refractivity contribution is 0.00748. The number of hydrogen-bond donors (Lipinski definition) is 2. The predicted molar refractivity (Wildman–Crippen MR) is 189 cm³/mol. The Morgan fingerprint density at radius 1 is 0.595 bits per heavy atom. The Bertz CT molecular complexity index is 947. The lowest BCUT2D eigenvalue weighted by Crippen LogP contribution is -2.27. The molecule has 42 heavy (non-hydrogen) atoms. The van der Waals surface area contributed by atoms with Crippen LogP contribution in [0.15, 0.2) is 22.9 Å². The molecule has 0 radical (unpaired) electrons. The third kappa shape index (κ3) is 13.9. The van der Waals surface area contributed by atoms with E-state index in [9.17, 15) is 10.2 Å². The van der Waals surface area contributed by atoms with Crippen LogP contribution in [-0.4, -0.2) is 10.2 Å². The summed E-state index contributed by atoms with van der Waals surface area (Å²) in [6.07, 6.45) is 20.9. The Kier molecular flexibility index (Phi) is 18.0. The van der Waals surface area contributed by atoms with E-state index in [0.717, 1.165) is 58.8 Å². The Hall–Kier alpha value is -0.840. The van der Waals surface area contributed by atoms with Gasteiger partial charge in [0.25, 0.3) is 0 Å². The van der Waals surface area contributed by atoms with Crippen molar-refractivity contribution >= 4 is 22.7 Å². The van der Waals surface area contributed by atoms with Crippen LogP contribution in [0.25, 0.3) is 9.75 Å². The summed E-state index contributed by atoms with van der Waals surface area (Å²) in [5.41, 5.74) is 0.194. The van der Waals surface area contributed by atoms with Crippen LogP contribution >= 0.6 is 22.7 Å². The lowest BCUT2D eigenvalue weighted by atomic mass is 9.80. The van der Waals surface area contributed by atoms with Crippen molar-refractivity contribution in [2.45, 2.75) is 163 Å². The summed E-state index contributed by atoms with van der Waals surface area (Å²) in [6.45, 7) is 16.6. The first kappa shape index (κ1) is 37.3. The van der Waals surface area contributed by atoms with Crippen LogP contribution in [0.3, 0.4) is 0 Å². The molecular weight excluding hydrogens is 553 g/mol. The first-order valence-corrected chi connectivity index (χ1v) is 19.4. The van der Waals surface area contributed by atoms with Crippen molar-refractivity contribution < 1.29 is 10.2 Å². The summed E-state index contributed by atoms with van der Waals surface area (Å²) >= 11 is 3.23. The highest BCUT2D eigenvalue weighted by Gasteiger charge is 2.34. The number of rotatable bonds is 24. The van der Waals surface area contributed by atoms with E-state index >= 15 is 0 Å². The SMILES string of the molecule is CCCCCC(C)CCCC(C)CCC(O)(CCC(C)CCCC(C)CCCC(C)C)c1ccsc1-c1sccc1O. The summed E-state index contributed by atoms with van der Waals surface area (Å²) in [7, 11) is 0. The molecule has 0 aromatic carbocycles. The number of aliphatic hydroxyl groups is 1. The van der Waals surface area contributed by atoms with Gasteiger partial charge in [-0.05, 0) is 78.2 Å². The van der Waals surface area contributed by atoms with Gasteiger partial charge in [0, 0.05) is 5.56 Å². The molecule has 2 aromatic heterocycles. The molecule has 0 spiro atoms. The standard InChI is InChI=1S/C38H66O2S2/c1-8-9-10-15-30(4)17-12-19-32(6)21-25-38(40,34-23-27-41-36(34)37-35(39)24-28-42-37)26-22-33(7)20-13-18-31(5)16-11-14-29(2)3/h23-24,27-33,39-40H,8-22,25-26H2,1-7H3. The molecule has 0 aliphatic carbocycles. The van der Waals surface area contributed by atoms with Gasteiger partial charge >= 0.3 is 0 Å². The van der Waals surface area contributed by atoms with Gasteiger partial charge in [-0.15, -0.1) is 22.7 Å². The van der Waals surface area contributed by atoms with Gasteiger partial charge in [-0.1, -0.05) is 132 Å². The molecule has 2 aromatic rings. The molecule has 4 heteroatoms. The van der Waals surface area contributed by atoms with Crippen LogP contribution in [0.4, 0.5) is 0 Å². The van der Waals surface area contributed by atoms with E-state index in [4.69, 9.17) is 0 Å². The number of aromatic hydroxyl groups is 1. The first-order chi connectivity index (χ1) is 20.1. The van der Waals surface area contributed by atoms with Gasteiger partial charge in [-0.2, -0.15) is 0 Å². The summed E-state index contributed by atoms with van der Waals surface area (Å²) < 4.78 is 0. The van der Waals surface area contributed by atoms with Crippen molar-refractivity contribution in [3.05, 3.63) is 28.5 Å². The maximum atomic E-state index is 12.4. The van der Waals surface area contributed by atoms with Crippen molar-refractivity contribution in [1.82, 2.24) is 0 Å². The second kappa shape index (κ2) is 20.2. The number of thiophene rings is 2. The molecule has 0 bridgehead atoms. The summed E-state index contributed by atoms with van der Waals surface area (Å²) in [5, 5.41) is 26.9. The van der Waals surface area contributed by atoms with Crippen molar-refractivity contribution in [3.8, 4) is 15.5 Å². The average molecular weight is 619 g/mol. The van der Waals surface area contributed by atoms with Gasteiger partial charge in [0.15, 0.2) is 0 Å². The summed E-state index contributed by atoms with van der Waals surface area (Å²) in [6, 6.07) is 3.91. The van der Waals surface area contributed by atoms with Gasteiger partial charge in [0.05, 0.1) is 15.4 Å². The van der Waals surface area contributed by atoms with Crippen molar-refractivity contribution in [2.75, 3.05) is 0 Å². The van der Waals surface area contributed by atoms with Crippen LogP contribution in [0.1, 0.15) is 163 Å². The monoisotopic (exact) mass is 618 g/mol. The van der Waals surface area contributed by atoms with Crippen LogP contribution in [0.5, 0.6) is 5.75 Å². The fourth-order valence-corrected chi connectivity index (χ4v) is 8.48. The first-order valence-electron chi connectivity index (χ1n) is 17.6. The topological polar surface area (TPSA) is 40.5 Å². The molecule has 0 aliphatic rings. The maximum absolute atomic E-state index is 12.4. The van der Waals surface area contributed by atoms with Crippen LogP contribution in [0, 0.1) is 29.6 Å². The molecule has 0 amide bonds. The minimum absolute atomic E-state index is 0.336. The number of unbranched alkanes of at least 4 members (excludes halogenated alkanes) is 2. The lowest BCUT2D eigenvalue weighted by Gasteiger charge is -2.31. The Labute approximate surface area is 268 Å². The van der Waals surface area contributed by atoms with Gasteiger partial charge in [-0.25, -0.2) is 0 Å². The molecule has 2 heterocycles. The van der Waals surface area contributed by atoms with Crippen LogP contribution in [0.2, 0.25) is 0 Å². The molecule has 0 aliphatic heterocycles.